The average molecular weight is 738 g/mol. The van der Waals surface area contributed by atoms with Gasteiger partial charge in [-0.3, -0.25) is 19.4 Å². The van der Waals surface area contributed by atoms with Gasteiger partial charge in [0.25, 0.3) is 11.8 Å². The van der Waals surface area contributed by atoms with E-state index in [0.29, 0.717) is 24.1 Å². The van der Waals surface area contributed by atoms with Crippen LogP contribution in [0.25, 0.3) is 22.9 Å². The second-order valence-electron chi connectivity index (χ2n) is 12.1. The number of carbonyl (C=O) groups is 4. The van der Waals surface area contributed by atoms with Crippen LogP contribution < -0.4 is 5.32 Å². The molecule has 5 aromatic rings. The van der Waals surface area contributed by atoms with Crippen molar-refractivity contribution in [2.75, 3.05) is 32.5 Å². The number of halogens is 2. The molecule has 1 aliphatic rings. The highest BCUT2D eigenvalue weighted by molar-refractivity contribution is 6.31. The molecule has 53 heavy (non-hydrogen) atoms. The van der Waals surface area contributed by atoms with E-state index in [2.05, 4.69) is 25.8 Å². The zero-order valence-electron chi connectivity index (χ0n) is 28.8. The zero-order chi connectivity index (χ0) is 37.8. The molecule has 0 radical (unpaired) electrons. The van der Waals surface area contributed by atoms with E-state index in [1.807, 2.05) is 25.1 Å². The van der Waals surface area contributed by atoms with E-state index >= 15 is 4.39 Å². The highest BCUT2D eigenvalue weighted by Crippen LogP contribution is 2.37. The van der Waals surface area contributed by atoms with Crippen molar-refractivity contribution in [2.24, 2.45) is 0 Å². The van der Waals surface area contributed by atoms with Gasteiger partial charge in [0.05, 0.1) is 16.3 Å². The number of nitrogens with one attached hydrogen (secondary N) is 1. The number of anilines is 1. The van der Waals surface area contributed by atoms with E-state index in [-0.39, 0.29) is 40.1 Å². The van der Waals surface area contributed by atoms with Crippen molar-refractivity contribution in [3.05, 3.63) is 124 Å². The number of hydrogen-bond donors (Lipinski definition) is 2. The smallest absolute Gasteiger partial charge is 0.337 e. The summed E-state index contributed by atoms with van der Waals surface area (Å²) in [7, 11) is 3.60. The number of hydrazine groups is 1. The van der Waals surface area contributed by atoms with E-state index in [4.69, 9.17) is 11.6 Å². The Kier molecular flexibility index (Phi) is 10.7. The Morgan fingerprint density at radius 3 is 2.43 bits per heavy atom. The van der Waals surface area contributed by atoms with Gasteiger partial charge < -0.3 is 15.3 Å². The average Bonchev–Trinajstić information content (AvgIpc) is 3.70. The van der Waals surface area contributed by atoms with Crippen molar-refractivity contribution in [2.45, 2.75) is 19.4 Å². The molecule has 3 amide bonds. The Bertz CT molecular complexity index is 2210. The molecule has 2 N–H and O–H groups in total. The number of aromatic nitrogens is 5. The summed E-state index contributed by atoms with van der Waals surface area (Å²) < 4.78 is 16.5. The molecule has 270 valence electrons. The largest absolute Gasteiger partial charge is 0.478 e. The third-order valence-electron chi connectivity index (χ3n) is 8.77. The summed E-state index contributed by atoms with van der Waals surface area (Å²) in [6.45, 7) is 2.50. The van der Waals surface area contributed by atoms with Crippen LogP contribution >= 0.6 is 11.6 Å². The van der Waals surface area contributed by atoms with Crippen LogP contribution in [0.5, 0.6) is 0 Å². The van der Waals surface area contributed by atoms with Gasteiger partial charge in [0.1, 0.15) is 18.2 Å². The number of amides is 3. The molecule has 1 aliphatic heterocycles. The minimum atomic E-state index is -1.18. The van der Waals surface area contributed by atoms with Crippen molar-refractivity contribution in [1.82, 2.24) is 40.1 Å². The number of carboxylic acids is 1. The molecular formula is C37H33ClFN9O5. The molecule has 0 saturated carbocycles. The predicted molar refractivity (Wildman–Crippen MR) is 193 cm³/mol. The molecule has 3 aromatic carbocycles. The number of tetrazole rings is 1. The van der Waals surface area contributed by atoms with Crippen LogP contribution in [0.2, 0.25) is 5.02 Å². The summed E-state index contributed by atoms with van der Waals surface area (Å²) in [6, 6.07) is 17.0. The number of hydrogen-bond acceptors (Lipinski definition) is 9. The molecule has 6 rings (SSSR count). The second-order valence-corrected chi connectivity index (χ2v) is 12.5. The molecule has 0 spiro atoms. The molecular weight excluding hydrogens is 705 g/mol. The molecule has 16 heteroatoms. The lowest BCUT2D eigenvalue weighted by molar-refractivity contribution is -0.135. The molecule has 3 heterocycles. The van der Waals surface area contributed by atoms with Crippen molar-refractivity contribution in [3.63, 3.8) is 0 Å². The van der Waals surface area contributed by atoms with Gasteiger partial charge in [0, 0.05) is 50.6 Å². The van der Waals surface area contributed by atoms with E-state index in [1.54, 1.807) is 48.4 Å². The maximum absolute atomic E-state index is 15.3. The molecule has 1 unspecified atom stereocenters. The van der Waals surface area contributed by atoms with Crippen LogP contribution in [0, 0.1) is 5.82 Å². The number of rotatable bonds is 10. The summed E-state index contributed by atoms with van der Waals surface area (Å²) in [5, 5.41) is 26.2. The lowest BCUT2D eigenvalue weighted by atomic mass is 9.86. The van der Waals surface area contributed by atoms with Crippen LogP contribution in [-0.4, -0.2) is 96.1 Å². The normalized spacial score (nSPS) is 13.9. The third kappa shape index (κ3) is 7.52. The van der Waals surface area contributed by atoms with Gasteiger partial charge in [-0.2, -0.15) is 4.68 Å². The Balaban J connectivity index is 1.37. The number of fused-ring (bicyclic) bond motifs is 1. The van der Waals surface area contributed by atoms with Crippen LogP contribution in [0.15, 0.2) is 85.3 Å². The minimum Gasteiger partial charge on any atom is -0.478 e. The van der Waals surface area contributed by atoms with E-state index in [0.717, 1.165) is 29.0 Å². The molecule has 1 atom stereocenters. The molecule has 0 aliphatic carbocycles. The molecule has 0 fully saturated rings. The van der Waals surface area contributed by atoms with Gasteiger partial charge in [0.15, 0.2) is 5.82 Å². The Morgan fingerprint density at radius 2 is 1.79 bits per heavy atom. The Morgan fingerprint density at radius 1 is 1.04 bits per heavy atom. The molecule has 14 nitrogen and oxygen atoms in total. The summed E-state index contributed by atoms with van der Waals surface area (Å²) in [6.07, 6.45) is 5.16. The van der Waals surface area contributed by atoms with Crippen molar-refractivity contribution in [1.29, 1.82) is 0 Å². The van der Waals surface area contributed by atoms with E-state index < -0.39 is 29.6 Å². The van der Waals surface area contributed by atoms with Crippen LogP contribution in [-0.2, 0) is 16.0 Å². The highest BCUT2D eigenvalue weighted by Gasteiger charge is 2.36. The first-order valence-electron chi connectivity index (χ1n) is 16.4. The molecule has 0 bridgehead atoms. The molecule has 0 saturated heterocycles. The van der Waals surface area contributed by atoms with Crippen LogP contribution in [0.4, 0.5) is 10.2 Å². The van der Waals surface area contributed by atoms with Gasteiger partial charge in [-0.1, -0.05) is 41.9 Å². The predicted octanol–water partition coefficient (Wildman–Crippen LogP) is 4.93. The number of aromatic carboxylic acids is 1. The van der Waals surface area contributed by atoms with Crippen LogP contribution in [0.3, 0.4) is 0 Å². The number of carbonyl (C=O) groups excluding carboxylic acids is 3. The fourth-order valence-corrected chi connectivity index (χ4v) is 6.40. The lowest BCUT2D eigenvalue weighted by Crippen LogP contribution is -2.45. The topological polar surface area (TPSA) is 167 Å². The van der Waals surface area contributed by atoms with Gasteiger partial charge in [-0.15, -0.1) is 5.10 Å². The number of pyridine rings is 1. The van der Waals surface area contributed by atoms with Crippen molar-refractivity contribution >= 4 is 47.2 Å². The first-order chi connectivity index (χ1) is 25.5. The minimum absolute atomic E-state index is 0.0452. The zero-order valence-corrected chi connectivity index (χ0v) is 29.5. The SMILES string of the molecule is CCN(C(=O)c1ccc(-c2cccc3c2CCN(C(=O)C=Cc2c(-n4cnnn4)ccc(Cl)c2F)C3C(=O)Nc2ccc(C(=O)O)cn2)cc1)N(C)C. The molecule has 2 aromatic heterocycles. The maximum atomic E-state index is 15.3. The summed E-state index contributed by atoms with van der Waals surface area (Å²) in [5.74, 6) is -3.23. The van der Waals surface area contributed by atoms with Gasteiger partial charge in [-0.25, -0.2) is 19.2 Å². The second kappa shape index (κ2) is 15.5. The summed E-state index contributed by atoms with van der Waals surface area (Å²) in [5.41, 5.74) is 3.62. The summed E-state index contributed by atoms with van der Waals surface area (Å²) >= 11 is 6.08. The Hall–Kier alpha value is -6.32. The standard InChI is InChI=1S/C37H33ClFN9O5/c1-4-48(45(2)3)36(51)23-10-8-22(9-11-23)25-6-5-7-27-26(25)18-19-46(34(27)35(50)42-31-16-12-24(20-40-31)37(52)53)32(49)17-13-28-30(47-21-41-43-44-47)15-14-29(38)33(28)39/h5-17,20-21,34H,4,18-19H2,1-3H3,(H,52,53)(H,40,42,50). The summed E-state index contributed by atoms with van der Waals surface area (Å²) in [4.78, 5) is 58.0. The van der Waals surface area contributed by atoms with Gasteiger partial charge in [-0.05, 0) is 88.5 Å². The first-order valence-corrected chi connectivity index (χ1v) is 16.8. The van der Waals surface area contributed by atoms with Crippen molar-refractivity contribution in [3.8, 4) is 16.8 Å². The van der Waals surface area contributed by atoms with E-state index in [9.17, 15) is 24.3 Å². The number of benzene rings is 3. The fourth-order valence-electron chi connectivity index (χ4n) is 6.23. The maximum Gasteiger partial charge on any atom is 0.337 e. The number of nitrogens with zero attached hydrogens (tertiary/aromatic N) is 8. The van der Waals surface area contributed by atoms with Gasteiger partial charge >= 0.3 is 5.97 Å². The first kappa shape index (κ1) is 36.5. The fraction of sp³-hybridized carbons (Fsp3) is 0.189. The quantitative estimate of drug-likeness (QED) is 0.148. The monoisotopic (exact) mass is 737 g/mol. The van der Waals surface area contributed by atoms with Crippen LogP contribution in [0.1, 0.15) is 50.4 Å². The van der Waals surface area contributed by atoms with Crippen molar-refractivity contribution < 1.29 is 28.7 Å². The van der Waals surface area contributed by atoms with E-state index in [1.165, 1.54) is 46.3 Å². The lowest BCUT2D eigenvalue weighted by Gasteiger charge is -2.36. The Labute approximate surface area is 308 Å². The highest BCUT2D eigenvalue weighted by atomic mass is 35.5. The number of carboxylic acid groups (broad SMARTS) is 1. The van der Waals surface area contributed by atoms with Gasteiger partial charge in [0.2, 0.25) is 5.91 Å². The third-order valence-corrected chi connectivity index (χ3v) is 9.06.